The fraction of sp³-hybridized carbons (Fsp3) is 0.324. The van der Waals surface area contributed by atoms with E-state index >= 15 is 0 Å². The molecule has 0 radical (unpaired) electrons. The normalized spacial score (nSPS) is 19.5. The highest BCUT2D eigenvalue weighted by Crippen LogP contribution is 2.38. The van der Waals surface area contributed by atoms with E-state index in [9.17, 15) is 15.0 Å². The quantitative estimate of drug-likeness (QED) is 0.163. The Morgan fingerprint density at radius 2 is 1.36 bits per heavy atom. The van der Waals surface area contributed by atoms with E-state index < -0.39 is 12.4 Å². The van der Waals surface area contributed by atoms with Crippen LogP contribution in [0.15, 0.2) is 109 Å². The molecule has 236 valence electrons. The Balaban J connectivity index is 1.23. The van der Waals surface area contributed by atoms with Gasteiger partial charge in [0, 0.05) is 37.7 Å². The second-order valence-electron chi connectivity index (χ2n) is 11.6. The summed E-state index contributed by atoms with van der Waals surface area (Å²) in [5, 5.41) is 26.3. The Morgan fingerprint density at radius 1 is 0.800 bits per heavy atom. The number of amides is 2. The van der Waals surface area contributed by atoms with E-state index in [4.69, 9.17) is 9.47 Å². The largest absolute Gasteiger partial charge is 0.392 e. The van der Waals surface area contributed by atoms with Gasteiger partial charge in [-0.2, -0.15) is 0 Å². The van der Waals surface area contributed by atoms with Crippen molar-refractivity contribution in [2.24, 2.45) is 0 Å². The Labute approximate surface area is 265 Å². The van der Waals surface area contributed by atoms with Crippen LogP contribution >= 0.6 is 0 Å². The van der Waals surface area contributed by atoms with Crippen LogP contribution in [0.4, 0.5) is 4.79 Å². The second-order valence-corrected chi connectivity index (χ2v) is 11.6. The standard InChI is InChI=1S/C37H43N3O5/c1-26(35(42)31-11-7-4-8-12-31)40(2)24-33-21-34(30-17-15-29(25-41)16-18-30)45-36(44-33)32-19-13-28(14-20-32)23-39-37(43)38-22-27-9-5-3-6-10-27/h3-20,26,33-36,41-42H,21-25H2,1-2H3,(H2,38,39,43)/t26-,33+,34-,35-,36-/m0/s1. The van der Waals surface area contributed by atoms with Gasteiger partial charge in [-0.15, -0.1) is 0 Å². The van der Waals surface area contributed by atoms with E-state index in [0.717, 1.165) is 33.4 Å². The number of rotatable bonds is 12. The first kappa shape index (κ1) is 32.3. The number of nitrogens with one attached hydrogen (secondary N) is 2. The number of urea groups is 1. The molecule has 0 saturated carbocycles. The molecule has 5 rings (SSSR count). The monoisotopic (exact) mass is 609 g/mol. The lowest BCUT2D eigenvalue weighted by molar-refractivity contribution is -0.253. The molecule has 2 amide bonds. The van der Waals surface area contributed by atoms with Crippen LogP contribution in [0.5, 0.6) is 0 Å². The molecule has 4 aromatic carbocycles. The Hall–Kier alpha value is -4.05. The van der Waals surface area contributed by atoms with Gasteiger partial charge < -0.3 is 30.3 Å². The first-order chi connectivity index (χ1) is 21.9. The smallest absolute Gasteiger partial charge is 0.315 e. The van der Waals surface area contributed by atoms with Gasteiger partial charge in [0.15, 0.2) is 6.29 Å². The highest BCUT2D eigenvalue weighted by atomic mass is 16.7. The molecule has 45 heavy (non-hydrogen) atoms. The minimum Gasteiger partial charge on any atom is -0.392 e. The third-order valence-electron chi connectivity index (χ3n) is 8.40. The van der Waals surface area contributed by atoms with Crippen LogP contribution in [-0.4, -0.2) is 46.9 Å². The lowest BCUT2D eigenvalue weighted by Gasteiger charge is -2.39. The number of carbonyl (C=O) groups is 1. The maximum Gasteiger partial charge on any atom is 0.315 e. The lowest BCUT2D eigenvalue weighted by Crippen LogP contribution is -2.43. The number of carbonyl (C=O) groups excluding carboxylic acids is 1. The summed E-state index contributed by atoms with van der Waals surface area (Å²) in [5.41, 5.74) is 5.63. The molecule has 0 bridgehead atoms. The van der Waals surface area contributed by atoms with Crippen molar-refractivity contribution >= 4 is 6.03 Å². The van der Waals surface area contributed by atoms with Crippen LogP contribution < -0.4 is 10.6 Å². The zero-order valence-electron chi connectivity index (χ0n) is 25.9. The Kier molecular flexibility index (Phi) is 11.4. The number of nitrogens with zero attached hydrogens (tertiary/aromatic N) is 1. The van der Waals surface area contributed by atoms with E-state index in [1.807, 2.05) is 123 Å². The molecule has 5 atom stereocenters. The van der Waals surface area contributed by atoms with Gasteiger partial charge >= 0.3 is 6.03 Å². The molecule has 8 nitrogen and oxygen atoms in total. The van der Waals surface area contributed by atoms with Gasteiger partial charge in [-0.05, 0) is 41.8 Å². The van der Waals surface area contributed by atoms with Gasteiger partial charge in [0.05, 0.1) is 24.9 Å². The number of ether oxygens (including phenoxy) is 2. The second kappa shape index (κ2) is 15.8. The van der Waals surface area contributed by atoms with Crippen molar-refractivity contribution in [2.45, 2.75) is 63.7 Å². The third kappa shape index (κ3) is 9.00. The molecule has 8 heteroatoms. The predicted octanol–water partition coefficient (Wildman–Crippen LogP) is 5.78. The van der Waals surface area contributed by atoms with Crippen molar-refractivity contribution in [2.75, 3.05) is 13.6 Å². The molecular weight excluding hydrogens is 566 g/mol. The fourth-order valence-electron chi connectivity index (χ4n) is 5.51. The average Bonchev–Trinajstić information content (AvgIpc) is 3.10. The zero-order chi connectivity index (χ0) is 31.6. The molecule has 0 spiro atoms. The van der Waals surface area contributed by atoms with Gasteiger partial charge in [-0.1, -0.05) is 109 Å². The van der Waals surface area contributed by atoms with Crippen molar-refractivity contribution < 1.29 is 24.5 Å². The lowest BCUT2D eigenvalue weighted by atomic mass is 9.98. The maximum absolute atomic E-state index is 12.3. The average molecular weight is 610 g/mol. The molecular formula is C37H43N3O5. The molecule has 1 fully saturated rings. The SMILES string of the molecule is C[C@@H]([C@H](O)c1ccccc1)N(C)C[C@H]1C[C@@H](c2ccc(CO)cc2)O[C@@H](c2ccc(CNC(=O)NCc3ccccc3)cc2)O1. The van der Waals surface area contributed by atoms with Crippen molar-refractivity contribution in [3.63, 3.8) is 0 Å². The highest BCUT2D eigenvalue weighted by Gasteiger charge is 2.34. The summed E-state index contributed by atoms with van der Waals surface area (Å²) in [5.74, 6) is 0. The van der Waals surface area contributed by atoms with E-state index in [1.54, 1.807) is 0 Å². The summed E-state index contributed by atoms with van der Waals surface area (Å²) in [6.45, 7) is 3.47. The van der Waals surface area contributed by atoms with Crippen molar-refractivity contribution in [1.29, 1.82) is 0 Å². The van der Waals surface area contributed by atoms with Crippen LogP contribution in [0.25, 0.3) is 0 Å². The van der Waals surface area contributed by atoms with Crippen LogP contribution in [-0.2, 0) is 29.2 Å². The number of likely N-dealkylation sites (N-methyl/N-ethyl adjacent to an activating group) is 1. The number of benzene rings is 4. The molecule has 0 aliphatic carbocycles. The van der Waals surface area contributed by atoms with Crippen molar-refractivity contribution in [3.05, 3.63) is 143 Å². The molecule has 1 aliphatic heterocycles. The highest BCUT2D eigenvalue weighted by molar-refractivity contribution is 5.73. The van der Waals surface area contributed by atoms with E-state index in [2.05, 4.69) is 15.5 Å². The molecule has 0 aromatic heterocycles. The summed E-state index contributed by atoms with van der Waals surface area (Å²) in [7, 11) is 2.01. The summed E-state index contributed by atoms with van der Waals surface area (Å²) in [6.07, 6.45) is -0.941. The van der Waals surface area contributed by atoms with E-state index in [-0.39, 0.29) is 30.9 Å². The summed E-state index contributed by atoms with van der Waals surface area (Å²) >= 11 is 0. The molecule has 4 N–H and O–H groups in total. The van der Waals surface area contributed by atoms with Gasteiger partial charge in [-0.25, -0.2) is 4.79 Å². The first-order valence-corrected chi connectivity index (χ1v) is 15.5. The molecule has 1 aliphatic rings. The first-order valence-electron chi connectivity index (χ1n) is 15.5. The van der Waals surface area contributed by atoms with Crippen molar-refractivity contribution in [3.8, 4) is 0 Å². The number of aliphatic hydroxyl groups is 2. The molecule has 1 saturated heterocycles. The Bertz CT molecular complexity index is 1470. The van der Waals surface area contributed by atoms with Crippen LogP contribution in [0.3, 0.4) is 0 Å². The van der Waals surface area contributed by atoms with Crippen LogP contribution in [0.1, 0.15) is 65.2 Å². The minimum absolute atomic E-state index is 0.0114. The van der Waals surface area contributed by atoms with E-state index in [0.29, 0.717) is 26.1 Å². The number of hydrogen-bond acceptors (Lipinski definition) is 6. The summed E-state index contributed by atoms with van der Waals surface area (Å²) < 4.78 is 13.0. The maximum atomic E-state index is 12.3. The molecule has 4 aromatic rings. The summed E-state index contributed by atoms with van der Waals surface area (Å²) in [4.78, 5) is 14.4. The molecule has 0 unspecified atom stereocenters. The third-order valence-corrected chi connectivity index (χ3v) is 8.40. The minimum atomic E-state index is -0.629. The van der Waals surface area contributed by atoms with Crippen molar-refractivity contribution in [1.82, 2.24) is 15.5 Å². The summed E-state index contributed by atoms with van der Waals surface area (Å²) in [6, 6.07) is 34.9. The fourth-order valence-corrected chi connectivity index (χ4v) is 5.51. The van der Waals surface area contributed by atoms with E-state index in [1.165, 1.54) is 0 Å². The zero-order valence-corrected chi connectivity index (χ0v) is 25.9. The Morgan fingerprint density at radius 3 is 1.98 bits per heavy atom. The van der Waals surface area contributed by atoms with Gasteiger partial charge in [-0.3, -0.25) is 4.90 Å². The predicted molar refractivity (Wildman–Crippen MR) is 174 cm³/mol. The molecule has 1 heterocycles. The van der Waals surface area contributed by atoms with Crippen LogP contribution in [0.2, 0.25) is 0 Å². The van der Waals surface area contributed by atoms with Gasteiger partial charge in [0.1, 0.15) is 0 Å². The number of hydrogen-bond donors (Lipinski definition) is 4. The van der Waals surface area contributed by atoms with Gasteiger partial charge in [0.25, 0.3) is 0 Å². The van der Waals surface area contributed by atoms with Gasteiger partial charge in [0.2, 0.25) is 0 Å². The topological polar surface area (TPSA) is 103 Å². The number of aliphatic hydroxyl groups excluding tert-OH is 2. The van der Waals surface area contributed by atoms with Crippen LogP contribution in [0, 0.1) is 0 Å².